The lowest BCUT2D eigenvalue weighted by Crippen LogP contribution is -2.08. The van der Waals surface area contributed by atoms with Crippen LogP contribution in [0, 0.1) is 0 Å². The Kier molecular flexibility index (Phi) is 4.13. The van der Waals surface area contributed by atoms with Crippen LogP contribution in [0.25, 0.3) is 0 Å². The summed E-state index contributed by atoms with van der Waals surface area (Å²) in [5, 5.41) is -1.95. The number of carbonyl (C=O) groups is 3. The summed E-state index contributed by atoms with van der Waals surface area (Å²) in [6.07, 6.45) is -0.364. The second kappa shape index (κ2) is 4.35. The molecule has 0 spiro atoms. The van der Waals surface area contributed by atoms with Crippen molar-refractivity contribution in [3.63, 3.8) is 0 Å². The van der Waals surface area contributed by atoms with E-state index in [1.807, 2.05) is 0 Å². The van der Waals surface area contributed by atoms with Gasteiger partial charge in [0.1, 0.15) is 0 Å². The Morgan fingerprint density at radius 2 is 1.90 bits per heavy atom. The van der Waals surface area contributed by atoms with Crippen LogP contribution in [0.4, 0.5) is 4.79 Å². The molecule has 0 unspecified atom stereocenters. The SMILES string of the molecule is NC(=O)SC(=O)CC(=O)S. The fourth-order valence-electron chi connectivity index (χ4n) is 0.272. The van der Waals surface area contributed by atoms with Crippen LogP contribution >= 0.6 is 24.4 Å². The maximum Gasteiger partial charge on any atom is 0.284 e. The van der Waals surface area contributed by atoms with Crippen molar-refractivity contribution in [3.8, 4) is 0 Å². The fraction of sp³-hybridized carbons (Fsp3) is 0.250. The molecule has 0 rings (SSSR count). The van der Waals surface area contributed by atoms with Crippen molar-refractivity contribution in [1.82, 2.24) is 0 Å². The number of carbonyl (C=O) groups excluding carboxylic acids is 3. The number of amides is 1. The summed E-state index contributed by atoms with van der Waals surface area (Å²) in [7, 11) is 0. The van der Waals surface area contributed by atoms with Crippen LogP contribution in [-0.2, 0) is 9.59 Å². The van der Waals surface area contributed by atoms with Gasteiger partial charge in [-0.15, -0.1) is 12.6 Å². The molecule has 0 saturated carbocycles. The average Bonchev–Trinajstić information content (AvgIpc) is 1.58. The van der Waals surface area contributed by atoms with E-state index in [0.29, 0.717) is 11.8 Å². The fourth-order valence-corrected chi connectivity index (χ4v) is 0.950. The predicted molar refractivity (Wildman–Crippen MR) is 40.8 cm³/mol. The minimum Gasteiger partial charge on any atom is -0.360 e. The normalized spacial score (nSPS) is 8.90. The van der Waals surface area contributed by atoms with Gasteiger partial charge in [-0.05, 0) is 0 Å². The van der Waals surface area contributed by atoms with Gasteiger partial charge in [-0.3, -0.25) is 14.4 Å². The standard InChI is InChI=1S/C4H5NO3S2/c5-4(8)10-3(7)1-2(6)9/h1H2,(H2,5,8)(H,6,9). The van der Waals surface area contributed by atoms with Crippen molar-refractivity contribution in [3.05, 3.63) is 0 Å². The van der Waals surface area contributed by atoms with Crippen LogP contribution in [0.15, 0.2) is 0 Å². The number of nitrogens with two attached hydrogens (primary N) is 1. The van der Waals surface area contributed by atoms with Crippen LogP contribution in [0.2, 0.25) is 0 Å². The molecule has 56 valence electrons. The molecule has 4 nitrogen and oxygen atoms in total. The number of thioether (sulfide) groups is 1. The lowest BCUT2D eigenvalue weighted by molar-refractivity contribution is -0.117. The van der Waals surface area contributed by atoms with Gasteiger partial charge in [-0.1, -0.05) is 0 Å². The smallest absolute Gasteiger partial charge is 0.284 e. The third kappa shape index (κ3) is 5.64. The maximum absolute atomic E-state index is 10.5. The zero-order valence-corrected chi connectivity index (χ0v) is 6.58. The third-order valence-electron chi connectivity index (χ3n) is 0.510. The van der Waals surface area contributed by atoms with Gasteiger partial charge in [-0.25, -0.2) is 0 Å². The Morgan fingerprint density at radius 3 is 2.20 bits per heavy atom. The minimum atomic E-state index is -0.806. The summed E-state index contributed by atoms with van der Waals surface area (Å²) < 4.78 is 0. The summed E-state index contributed by atoms with van der Waals surface area (Å²) in [4.78, 5) is 30.6. The largest absolute Gasteiger partial charge is 0.360 e. The van der Waals surface area contributed by atoms with E-state index in [9.17, 15) is 14.4 Å². The van der Waals surface area contributed by atoms with E-state index in [-0.39, 0.29) is 6.42 Å². The summed E-state index contributed by atoms with van der Waals surface area (Å²) in [5.41, 5.74) is 4.64. The molecule has 0 atom stereocenters. The van der Waals surface area contributed by atoms with Gasteiger partial charge in [0.2, 0.25) is 5.12 Å². The van der Waals surface area contributed by atoms with Crippen LogP contribution < -0.4 is 5.73 Å². The zero-order chi connectivity index (χ0) is 8.15. The number of thiol groups is 1. The first-order valence-electron chi connectivity index (χ1n) is 2.24. The topological polar surface area (TPSA) is 77.2 Å². The Morgan fingerprint density at radius 1 is 1.40 bits per heavy atom. The third-order valence-corrected chi connectivity index (χ3v) is 1.24. The molecule has 6 heteroatoms. The number of rotatable bonds is 2. The lowest BCUT2D eigenvalue weighted by Gasteiger charge is -1.89. The van der Waals surface area contributed by atoms with Gasteiger partial charge < -0.3 is 5.73 Å². The van der Waals surface area contributed by atoms with Crippen molar-refractivity contribution in [2.45, 2.75) is 6.42 Å². The van der Waals surface area contributed by atoms with Crippen LogP contribution in [0.3, 0.4) is 0 Å². The minimum absolute atomic E-state index is 0.313. The molecule has 10 heavy (non-hydrogen) atoms. The van der Waals surface area contributed by atoms with Gasteiger partial charge in [0, 0.05) is 11.8 Å². The van der Waals surface area contributed by atoms with Gasteiger partial charge >= 0.3 is 0 Å². The van der Waals surface area contributed by atoms with Crippen molar-refractivity contribution in [2.24, 2.45) is 5.73 Å². The molecule has 0 radical (unpaired) electrons. The monoisotopic (exact) mass is 179 g/mol. The highest BCUT2D eigenvalue weighted by atomic mass is 32.2. The summed E-state index contributed by atoms with van der Waals surface area (Å²) in [6.45, 7) is 0. The Hall–Kier alpha value is -0.490. The molecule has 0 aliphatic carbocycles. The Labute approximate surface area is 66.9 Å². The van der Waals surface area contributed by atoms with E-state index in [4.69, 9.17) is 0 Å². The van der Waals surface area contributed by atoms with Crippen molar-refractivity contribution in [1.29, 1.82) is 0 Å². The first-order chi connectivity index (χ1) is 4.52. The first kappa shape index (κ1) is 9.51. The predicted octanol–water partition coefficient (Wildman–Crippen LogP) is 0.171. The maximum atomic E-state index is 10.5. The molecule has 0 aliphatic rings. The van der Waals surface area contributed by atoms with Crippen molar-refractivity contribution < 1.29 is 14.4 Å². The highest BCUT2D eigenvalue weighted by molar-refractivity contribution is 8.26. The molecule has 0 bridgehead atoms. The molecule has 0 heterocycles. The first-order valence-corrected chi connectivity index (χ1v) is 3.50. The molecule has 2 N–H and O–H groups in total. The van der Waals surface area contributed by atoms with Crippen LogP contribution in [0.5, 0.6) is 0 Å². The molecular weight excluding hydrogens is 174 g/mol. The number of hydrogen-bond donors (Lipinski definition) is 2. The molecule has 0 saturated heterocycles. The van der Waals surface area contributed by atoms with Gasteiger partial charge in [0.05, 0.1) is 6.42 Å². The van der Waals surface area contributed by atoms with E-state index < -0.39 is 15.5 Å². The highest BCUT2D eigenvalue weighted by Gasteiger charge is 2.09. The quantitative estimate of drug-likeness (QED) is 0.468. The average molecular weight is 179 g/mol. The van der Waals surface area contributed by atoms with E-state index >= 15 is 0 Å². The highest BCUT2D eigenvalue weighted by Crippen LogP contribution is 2.05. The van der Waals surface area contributed by atoms with Gasteiger partial charge in [0.15, 0.2) is 5.12 Å². The van der Waals surface area contributed by atoms with Crippen molar-refractivity contribution >= 4 is 39.9 Å². The second-order valence-corrected chi connectivity index (χ2v) is 2.92. The Balaban J connectivity index is 3.65. The van der Waals surface area contributed by atoms with Crippen LogP contribution in [-0.4, -0.2) is 15.5 Å². The second-order valence-electron chi connectivity index (χ2n) is 1.36. The van der Waals surface area contributed by atoms with Crippen LogP contribution in [0.1, 0.15) is 6.42 Å². The molecule has 0 aliphatic heterocycles. The molecular formula is C4H5NO3S2. The molecule has 0 fully saturated rings. The summed E-state index contributed by atoms with van der Waals surface area (Å²) >= 11 is 3.65. The van der Waals surface area contributed by atoms with E-state index in [1.165, 1.54) is 0 Å². The number of hydrogen-bond acceptors (Lipinski definition) is 4. The zero-order valence-electron chi connectivity index (χ0n) is 4.86. The molecule has 0 aromatic carbocycles. The molecule has 1 amide bonds. The number of primary amides is 1. The van der Waals surface area contributed by atoms with Gasteiger partial charge in [0.25, 0.3) is 5.24 Å². The Bertz CT molecular complexity index is 161. The summed E-state index contributed by atoms with van der Waals surface area (Å²) in [5.74, 6) is 0. The van der Waals surface area contributed by atoms with Crippen molar-refractivity contribution in [2.75, 3.05) is 0 Å². The van der Waals surface area contributed by atoms with E-state index in [2.05, 4.69) is 18.4 Å². The van der Waals surface area contributed by atoms with E-state index in [0.717, 1.165) is 0 Å². The van der Waals surface area contributed by atoms with Gasteiger partial charge in [-0.2, -0.15) is 0 Å². The molecule has 0 aromatic heterocycles. The van der Waals surface area contributed by atoms with E-state index in [1.54, 1.807) is 0 Å². The molecule has 0 aromatic rings. The summed E-state index contributed by atoms with van der Waals surface area (Å²) in [6, 6.07) is 0. The lowest BCUT2D eigenvalue weighted by atomic mass is 10.5.